The SMILES string of the molecule is COc1ccc(C)cc1NC(=O)CSc1nc2c(c(=O)[nH]1)CN(Cc1ccccc1)CC2. The van der Waals surface area contributed by atoms with E-state index in [2.05, 4.69) is 32.3 Å². The molecular formula is C24H26N4O3S. The van der Waals surface area contributed by atoms with Crippen molar-refractivity contribution in [3.8, 4) is 5.75 Å². The van der Waals surface area contributed by atoms with Gasteiger partial charge in [-0.2, -0.15) is 0 Å². The van der Waals surface area contributed by atoms with Crippen LogP contribution < -0.4 is 15.6 Å². The van der Waals surface area contributed by atoms with Crippen LogP contribution in [0, 0.1) is 6.92 Å². The highest BCUT2D eigenvalue weighted by molar-refractivity contribution is 7.99. The summed E-state index contributed by atoms with van der Waals surface area (Å²) in [6, 6.07) is 15.8. The van der Waals surface area contributed by atoms with Crippen molar-refractivity contribution in [2.75, 3.05) is 24.7 Å². The molecule has 1 aliphatic heterocycles. The van der Waals surface area contributed by atoms with Crippen LogP contribution in [-0.4, -0.2) is 40.2 Å². The lowest BCUT2D eigenvalue weighted by Crippen LogP contribution is -2.35. The van der Waals surface area contributed by atoms with Gasteiger partial charge in [0, 0.05) is 26.1 Å². The van der Waals surface area contributed by atoms with E-state index in [4.69, 9.17) is 4.74 Å². The smallest absolute Gasteiger partial charge is 0.256 e. The van der Waals surface area contributed by atoms with Gasteiger partial charge in [0.25, 0.3) is 5.56 Å². The monoisotopic (exact) mass is 450 g/mol. The fraction of sp³-hybridized carbons (Fsp3) is 0.292. The van der Waals surface area contributed by atoms with Gasteiger partial charge in [-0.15, -0.1) is 0 Å². The van der Waals surface area contributed by atoms with Crippen molar-refractivity contribution in [3.63, 3.8) is 0 Å². The quantitative estimate of drug-likeness (QED) is 0.424. The molecule has 0 fully saturated rings. The van der Waals surface area contributed by atoms with E-state index in [1.54, 1.807) is 7.11 Å². The van der Waals surface area contributed by atoms with E-state index in [0.717, 1.165) is 24.3 Å². The zero-order valence-corrected chi connectivity index (χ0v) is 19.0. The van der Waals surface area contributed by atoms with Gasteiger partial charge in [-0.3, -0.25) is 14.5 Å². The predicted octanol–water partition coefficient (Wildman–Crippen LogP) is 3.38. The molecule has 1 aromatic heterocycles. The predicted molar refractivity (Wildman–Crippen MR) is 126 cm³/mol. The molecule has 3 aromatic rings. The van der Waals surface area contributed by atoms with Crippen molar-refractivity contribution in [1.82, 2.24) is 14.9 Å². The first-order valence-corrected chi connectivity index (χ1v) is 11.5. The van der Waals surface area contributed by atoms with Crippen molar-refractivity contribution in [1.29, 1.82) is 0 Å². The van der Waals surface area contributed by atoms with Gasteiger partial charge in [0.1, 0.15) is 5.75 Å². The van der Waals surface area contributed by atoms with Gasteiger partial charge < -0.3 is 15.0 Å². The van der Waals surface area contributed by atoms with Crippen LogP contribution in [0.5, 0.6) is 5.75 Å². The maximum absolute atomic E-state index is 12.7. The molecule has 0 aliphatic carbocycles. The zero-order chi connectivity index (χ0) is 22.5. The lowest BCUT2D eigenvalue weighted by molar-refractivity contribution is -0.113. The highest BCUT2D eigenvalue weighted by atomic mass is 32.2. The van der Waals surface area contributed by atoms with Crippen molar-refractivity contribution in [2.24, 2.45) is 0 Å². The number of anilines is 1. The van der Waals surface area contributed by atoms with Crippen LogP contribution >= 0.6 is 11.8 Å². The Bertz CT molecular complexity index is 1160. The molecule has 32 heavy (non-hydrogen) atoms. The maximum atomic E-state index is 12.7. The van der Waals surface area contributed by atoms with E-state index in [0.29, 0.717) is 35.1 Å². The molecular weight excluding hydrogens is 424 g/mol. The molecule has 2 N–H and O–H groups in total. The second-order valence-electron chi connectivity index (χ2n) is 7.78. The van der Waals surface area contributed by atoms with E-state index < -0.39 is 0 Å². The Morgan fingerprint density at radius 3 is 2.84 bits per heavy atom. The second-order valence-corrected chi connectivity index (χ2v) is 8.75. The van der Waals surface area contributed by atoms with Gasteiger partial charge in [0.05, 0.1) is 29.8 Å². The summed E-state index contributed by atoms with van der Waals surface area (Å²) < 4.78 is 5.30. The molecule has 0 atom stereocenters. The third-order valence-corrected chi connectivity index (χ3v) is 6.22. The molecule has 1 amide bonds. The van der Waals surface area contributed by atoms with Crippen LogP contribution in [0.2, 0.25) is 0 Å². The molecule has 2 heterocycles. The van der Waals surface area contributed by atoms with Gasteiger partial charge in [0.15, 0.2) is 5.16 Å². The summed E-state index contributed by atoms with van der Waals surface area (Å²) >= 11 is 1.22. The molecule has 7 nitrogen and oxygen atoms in total. The number of nitrogens with one attached hydrogen (secondary N) is 2. The minimum atomic E-state index is -0.187. The van der Waals surface area contributed by atoms with E-state index in [1.165, 1.54) is 17.3 Å². The number of aryl methyl sites for hydroxylation is 1. The number of rotatable bonds is 7. The Morgan fingerprint density at radius 1 is 1.25 bits per heavy atom. The zero-order valence-electron chi connectivity index (χ0n) is 18.2. The average molecular weight is 451 g/mol. The van der Waals surface area contributed by atoms with Crippen LogP contribution in [0.25, 0.3) is 0 Å². The van der Waals surface area contributed by atoms with Crippen LogP contribution in [-0.2, 0) is 24.3 Å². The number of benzene rings is 2. The Kier molecular flexibility index (Phi) is 6.92. The number of amides is 1. The van der Waals surface area contributed by atoms with E-state index in [9.17, 15) is 9.59 Å². The summed E-state index contributed by atoms with van der Waals surface area (Å²) in [5.74, 6) is 0.557. The molecule has 0 saturated carbocycles. The van der Waals surface area contributed by atoms with Gasteiger partial charge in [-0.05, 0) is 30.2 Å². The Hall–Kier alpha value is -3.10. The van der Waals surface area contributed by atoms with Gasteiger partial charge in [-0.25, -0.2) is 4.98 Å². The maximum Gasteiger partial charge on any atom is 0.256 e. The number of carbonyl (C=O) groups is 1. The third-order valence-electron chi connectivity index (χ3n) is 5.34. The van der Waals surface area contributed by atoms with Gasteiger partial charge in [-0.1, -0.05) is 48.2 Å². The van der Waals surface area contributed by atoms with E-state index in [-0.39, 0.29) is 17.2 Å². The van der Waals surface area contributed by atoms with Gasteiger partial charge >= 0.3 is 0 Å². The molecule has 0 saturated heterocycles. The number of carbonyl (C=O) groups excluding carboxylic acids is 1. The summed E-state index contributed by atoms with van der Waals surface area (Å²) in [4.78, 5) is 34.8. The Labute approximate surface area is 191 Å². The summed E-state index contributed by atoms with van der Waals surface area (Å²) in [5.41, 5.74) is 4.28. The third kappa shape index (κ3) is 5.38. The number of nitrogens with zero attached hydrogens (tertiary/aromatic N) is 2. The number of methoxy groups -OCH3 is 1. The lowest BCUT2D eigenvalue weighted by atomic mass is 10.1. The molecule has 0 unspecified atom stereocenters. The van der Waals surface area contributed by atoms with Crippen LogP contribution in [0.3, 0.4) is 0 Å². The molecule has 4 rings (SSSR count). The minimum Gasteiger partial charge on any atom is -0.495 e. The number of hydrogen-bond acceptors (Lipinski definition) is 6. The Balaban J connectivity index is 1.38. The van der Waals surface area contributed by atoms with Crippen LogP contribution in [0.1, 0.15) is 22.4 Å². The summed E-state index contributed by atoms with van der Waals surface area (Å²) in [5, 5.41) is 3.34. The Morgan fingerprint density at radius 2 is 2.06 bits per heavy atom. The fourth-order valence-corrected chi connectivity index (χ4v) is 4.42. The number of hydrogen-bond donors (Lipinski definition) is 2. The molecule has 166 valence electrons. The van der Waals surface area contributed by atoms with Crippen molar-refractivity contribution in [2.45, 2.75) is 31.6 Å². The normalized spacial score (nSPS) is 13.4. The van der Waals surface area contributed by atoms with Crippen molar-refractivity contribution >= 4 is 23.4 Å². The van der Waals surface area contributed by atoms with Crippen molar-refractivity contribution in [3.05, 3.63) is 81.3 Å². The number of ether oxygens (including phenoxy) is 1. The van der Waals surface area contributed by atoms with Crippen LogP contribution in [0.15, 0.2) is 58.5 Å². The highest BCUT2D eigenvalue weighted by Crippen LogP contribution is 2.26. The largest absolute Gasteiger partial charge is 0.495 e. The molecule has 2 aromatic carbocycles. The van der Waals surface area contributed by atoms with Crippen LogP contribution in [0.4, 0.5) is 5.69 Å². The van der Waals surface area contributed by atoms with Gasteiger partial charge in [0.2, 0.25) is 5.91 Å². The molecule has 0 bridgehead atoms. The van der Waals surface area contributed by atoms with E-state index >= 15 is 0 Å². The first kappa shape index (κ1) is 22.1. The standard InChI is InChI=1S/C24H26N4O3S/c1-16-8-9-21(31-2)20(12-16)25-22(29)15-32-24-26-19-10-11-28(14-18(19)23(30)27-24)13-17-6-4-3-5-7-17/h3-9,12H,10-11,13-15H2,1-2H3,(H,25,29)(H,26,27,30). The number of fused-ring (bicyclic) bond motifs is 1. The first-order valence-electron chi connectivity index (χ1n) is 10.5. The first-order chi connectivity index (χ1) is 15.5. The van der Waals surface area contributed by atoms with Crippen molar-refractivity contribution < 1.29 is 9.53 Å². The summed E-state index contributed by atoms with van der Waals surface area (Å²) in [7, 11) is 1.57. The molecule has 0 spiro atoms. The topological polar surface area (TPSA) is 87.3 Å². The lowest BCUT2D eigenvalue weighted by Gasteiger charge is -2.27. The number of aromatic nitrogens is 2. The molecule has 8 heteroatoms. The molecule has 1 aliphatic rings. The molecule has 0 radical (unpaired) electrons. The number of aromatic amines is 1. The minimum absolute atomic E-state index is 0.129. The average Bonchev–Trinajstić information content (AvgIpc) is 2.79. The summed E-state index contributed by atoms with van der Waals surface area (Å²) in [6.07, 6.45) is 0.715. The highest BCUT2D eigenvalue weighted by Gasteiger charge is 2.21. The van der Waals surface area contributed by atoms with E-state index in [1.807, 2.05) is 43.3 Å². The number of H-pyrrole nitrogens is 1. The summed E-state index contributed by atoms with van der Waals surface area (Å²) in [6.45, 7) is 4.17. The fourth-order valence-electron chi connectivity index (χ4n) is 3.74. The second kappa shape index (κ2) is 10.0. The number of thioether (sulfide) groups is 1.